The molecule has 32 heavy (non-hydrogen) atoms. The highest BCUT2D eigenvalue weighted by Gasteiger charge is 2.47. The van der Waals surface area contributed by atoms with Gasteiger partial charge < -0.3 is 10.1 Å². The second kappa shape index (κ2) is 15.4. The van der Waals surface area contributed by atoms with Gasteiger partial charge in [-0.2, -0.15) is 8.78 Å². The van der Waals surface area contributed by atoms with Gasteiger partial charge in [0.2, 0.25) is 5.63 Å². The highest BCUT2D eigenvalue weighted by Crippen LogP contribution is 2.28. The number of hydrogen-bond donors (Lipinski definition) is 1. The maximum Gasteiger partial charge on any atom is 0.368 e. The third kappa shape index (κ3) is 10.9. The number of benzene rings is 1. The van der Waals surface area contributed by atoms with Crippen molar-refractivity contribution in [2.24, 2.45) is 0 Å². The zero-order valence-electron chi connectivity index (χ0n) is 18.4. The lowest BCUT2D eigenvalue weighted by molar-refractivity contribution is -0.144. The molecule has 182 valence electrons. The number of rotatable bonds is 17. The van der Waals surface area contributed by atoms with E-state index in [9.17, 15) is 22.8 Å². The van der Waals surface area contributed by atoms with Crippen LogP contribution < -0.4 is 10.1 Å². The third-order valence-corrected chi connectivity index (χ3v) is 5.54. The Morgan fingerprint density at radius 2 is 1.59 bits per heavy atom. The van der Waals surface area contributed by atoms with Crippen molar-refractivity contribution >= 4 is 40.0 Å². The minimum Gasteiger partial charge on any atom is -0.481 e. The lowest BCUT2D eigenvalue weighted by atomic mass is 10.0. The second-order valence-electron chi connectivity index (χ2n) is 7.79. The number of ether oxygens (including phenoxy) is 1. The second-order valence-corrected chi connectivity index (χ2v) is 8.54. The van der Waals surface area contributed by atoms with Gasteiger partial charge in [0.1, 0.15) is 5.75 Å². The number of nitrogens with one attached hydrogen (secondary N) is 1. The van der Waals surface area contributed by atoms with E-state index in [0.29, 0.717) is 6.42 Å². The van der Waals surface area contributed by atoms with E-state index in [4.69, 9.17) is 27.9 Å². The monoisotopic (exact) mass is 497 g/mol. The molecule has 1 amide bonds. The number of alkyl halides is 4. The Morgan fingerprint density at radius 1 is 1.03 bits per heavy atom. The predicted molar refractivity (Wildman–Crippen MR) is 123 cm³/mol. The van der Waals surface area contributed by atoms with Crippen molar-refractivity contribution in [3.8, 4) is 5.75 Å². The van der Waals surface area contributed by atoms with Crippen molar-refractivity contribution in [3.05, 3.63) is 24.3 Å². The van der Waals surface area contributed by atoms with E-state index in [2.05, 4.69) is 6.92 Å². The van der Waals surface area contributed by atoms with E-state index in [1.807, 2.05) is 5.32 Å². The van der Waals surface area contributed by atoms with E-state index < -0.39 is 28.8 Å². The van der Waals surface area contributed by atoms with Crippen LogP contribution in [0.4, 0.5) is 18.9 Å². The molecule has 0 bridgehead atoms. The molecule has 2 atom stereocenters. The van der Waals surface area contributed by atoms with Crippen molar-refractivity contribution in [2.45, 2.75) is 95.2 Å². The summed E-state index contributed by atoms with van der Waals surface area (Å²) < 4.78 is 45.0. The Bertz CT molecular complexity index is 705. The summed E-state index contributed by atoms with van der Waals surface area (Å²) in [6.07, 6.45) is 11.0. The summed E-state index contributed by atoms with van der Waals surface area (Å²) in [5.74, 6) is -6.10. The molecule has 0 heterocycles. The summed E-state index contributed by atoms with van der Waals surface area (Å²) in [5, 5.41) is 1.22. The Kier molecular flexibility index (Phi) is 13.7. The Hall–Kier alpha value is -1.47. The third-order valence-electron chi connectivity index (χ3n) is 5.02. The first kappa shape index (κ1) is 28.6. The quantitative estimate of drug-likeness (QED) is 0.137. The normalized spacial score (nSPS) is 13.4. The molecule has 0 aliphatic heterocycles. The Labute approximate surface area is 198 Å². The largest absolute Gasteiger partial charge is 0.481 e. The number of halogens is 5. The van der Waals surface area contributed by atoms with Crippen LogP contribution in [0.3, 0.4) is 0 Å². The smallest absolute Gasteiger partial charge is 0.368 e. The molecule has 1 N–H and O–H groups in total. The topological polar surface area (TPSA) is 55.4 Å². The average Bonchev–Trinajstić information content (AvgIpc) is 2.74. The molecule has 0 fully saturated rings. The molecular weight excluding hydrogens is 466 g/mol. The molecule has 0 aliphatic carbocycles. The van der Waals surface area contributed by atoms with Gasteiger partial charge in [-0.15, -0.1) is 0 Å². The highest BCUT2D eigenvalue weighted by atomic mass is 35.5. The van der Waals surface area contributed by atoms with Gasteiger partial charge in [-0.05, 0) is 36.6 Å². The van der Waals surface area contributed by atoms with Crippen LogP contribution in [0.1, 0.15) is 77.6 Å². The molecule has 2 unspecified atom stereocenters. The summed E-state index contributed by atoms with van der Waals surface area (Å²) in [6.45, 7) is 2.20. The lowest BCUT2D eigenvalue weighted by Gasteiger charge is -2.18. The van der Waals surface area contributed by atoms with Gasteiger partial charge in [-0.25, -0.2) is 4.39 Å². The highest BCUT2D eigenvalue weighted by molar-refractivity contribution is 6.64. The number of hydrogen-bond acceptors (Lipinski definition) is 3. The molecule has 1 aromatic rings. The van der Waals surface area contributed by atoms with Gasteiger partial charge in [-0.1, -0.05) is 82.4 Å². The predicted octanol–water partition coefficient (Wildman–Crippen LogP) is 7.62. The first-order valence-electron chi connectivity index (χ1n) is 11.1. The van der Waals surface area contributed by atoms with Crippen molar-refractivity contribution in [3.63, 3.8) is 0 Å². The number of anilines is 1. The molecule has 1 aromatic carbocycles. The van der Waals surface area contributed by atoms with Crippen LogP contribution in [0.15, 0.2) is 24.3 Å². The van der Waals surface area contributed by atoms with Crippen molar-refractivity contribution in [2.75, 3.05) is 5.32 Å². The van der Waals surface area contributed by atoms with Crippen LogP contribution >= 0.6 is 23.2 Å². The summed E-state index contributed by atoms with van der Waals surface area (Å²) >= 11 is 10.4. The van der Waals surface area contributed by atoms with Gasteiger partial charge in [0.05, 0.1) is 0 Å². The molecule has 0 aromatic heterocycles. The fourth-order valence-corrected chi connectivity index (χ4v) is 3.41. The van der Waals surface area contributed by atoms with Crippen LogP contribution in [0.5, 0.6) is 5.75 Å². The SMILES string of the molecule is CCCCCCCCCCCCC(Oc1cccc(NC(=O)C(F)(F)C(F)Cl)c1)C(=O)Cl. The van der Waals surface area contributed by atoms with Crippen LogP contribution in [-0.4, -0.2) is 28.8 Å². The van der Waals surface area contributed by atoms with E-state index in [-0.39, 0.29) is 11.4 Å². The molecule has 0 aliphatic rings. The Balaban J connectivity index is 2.45. The minimum absolute atomic E-state index is 0.0517. The molecule has 0 saturated heterocycles. The Morgan fingerprint density at radius 3 is 2.12 bits per heavy atom. The zero-order valence-corrected chi connectivity index (χ0v) is 19.9. The minimum atomic E-state index is -4.39. The summed E-state index contributed by atoms with van der Waals surface area (Å²) in [6, 6.07) is 5.51. The van der Waals surface area contributed by atoms with Gasteiger partial charge in [0.25, 0.3) is 11.1 Å². The summed E-state index contributed by atoms with van der Waals surface area (Å²) in [7, 11) is 0. The molecule has 0 radical (unpaired) electrons. The van der Waals surface area contributed by atoms with Crippen molar-refractivity contribution < 1.29 is 27.5 Å². The number of unbranched alkanes of at least 4 members (excludes halogenated alkanes) is 9. The van der Waals surface area contributed by atoms with Crippen molar-refractivity contribution in [1.82, 2.24) is 0 Å². The maximum atomic E-state index is 13.3. The molecule has 0 spiro atoms. The number of carbonyl (C=O) groups is 2. The first-order valence-corrected chi connectivity index (χ1v) is 11.9. The molecule has 9 heteroatoms. The van der Waals surface area contributed by atoms with Crippen LogP contribution in [-0.2, 0) is 9.59 Å². The maximum absolute atomic E-state index is 13.3. The summed E-state index contributed by atoms with van der Waals surface area (Å²) in [5.41, 5.74) is -3.20. The standard InChI is InChI=1S/C23H32Cl2F3NO3/c1-2-3-4-5-6-7-8-9-10-11-15-19(20(24)30)32-18-14-12-13-17(16-18)29-22(31)23(27,28)21(25)26/h12-14,16,19,21H,2-11,15H2,1H3,(H,29,31). The van der Waals surface area contributed by atoms with Gasteiger partial charge in [0.15, 0.2) is 6.10 Å². The fourth-order valence-electron chi connectivity index (χ4n) is 3.16. The van der Waals surface area contributed by atoms with Crippen LogP contribution in [0.25, 0.3) is 0 Å². The average molecular weight is 498 g/mol. The van der Waals surface area contributed by atoms with Gasteiger partial charge in [0, 0.05) is 11.8 Å². The molecule has 4 nitrogen and oxygen atoms in total. The van der Waals surface area contributed by atoms with E-state index in [1.54, 1.807) is 0 Å². The van der Waals surface area contributed by atoms with Crippen LogP contribution in [0, 0.1) is 0 Å². The van der Waals surface area contributed by atoms with Crippen LogP contribution in [0.2, 0.25) is 0 Å². The number of carbonyl (C=O) groups excluding carboxylic acids is 2. The van der Waals surface area contributed by atoms with Gasteiger partial charge in [-0.3, -0.25) is 9.59 Å². The van der Waals surface area contributed by atoms with E-state index in [1.165, 1.54) is 62.8 Å². The van der Waals surface area contributed by atoms with E-state index >= 15 is 0 Å². The molecular formula is C23H32Cl2F3NO3. The lowest BCUT2D eigenvalue weighted by Crippen LogP contribution is -2.40. The molecule has 0 saturated carbocycles. The van der Waals surface area contributed by atoms with Crippen molar-refractivity contribution in [1.29, 1.82) is 0 Å². The fraction of sp³-hybridized carbons (Fsp3) is 0.652. The van der Waals surface area contributed by atoms with E-state index in [0.717, 1.165) is 25.7 Å². The molecule has 1 rings (SSSR count). The number of amides is 1. The first-order chi connectivity index (χ1) is 15.2. The summed E-state index contributed by atoms with van der Waals surface area (Å²) in [4.78, 5) is 23.3. The zero-order chi connectivity index (χ0) is 24.0. The van der Waals surface area contributed by atoms with Gasteiger partial charge >= 0.3 is 5.92 Å².